The van der Waals surface area contributed by atoms with E-state index in [9.17, 15) is 43.2 Å². The second-order valence-corrected chi connectivity index (χ2v) is 34.2. The molecule has 0 saturated heterocycles. The lowest BCUT2D eigenvalue weighted by molar-refractivity contribution is -0.161. The normalized spacial score (nSPS) is 14.2. The summed E-state index contributed by atoms with van der Waals surface area (Å²) >= 11 is 0. The van der Waals surface area contributed by atoms with Crippen molar-refractivity contribution in [1.82, 2.24) is 0 Å². The standard InChI is InChI=1S/C87H166O17P2/c1-7-10-12-14-16-18-20-22-24-27-32-35-39-45-51-57-63-69-84(89)97-75-82(103-87(92)72-66-60-54-47-41-37-33-29-26-25-28-31-34-38-44-50-56-62-68-80(6)9-3)77-101-105(93,94)99-73-81(88)74-100-106(95,96)102-78-83(76-98-85(90)70-64-58-52-48-42-43-49-55-61-67-79(4)5)104-86(91)71-65-59-53-46-40-36-30-23-21-19-17-15-13-11-8-2/h19,21,23,30,79-83,88H,7-18,20,22,24-29,31-78H2,1-6H3,(H,93,94)(H,95,96)/b21-19-,30-23-/t80?,81-,82-,83-/m1/s1. The van der Waals surface area contributed by atoms with E-state index in [0.717, 1.165) is 115 Å². The van der Waals surface area contributed by atoms with Crippen LogP contribution in [-0.2, 0) is 65.4 Å². The zero-order chi connectivity index (χ0) is 77.8. The van der Waals surface area contributed by atoms with Crippen LogP contribution in [0, 0.1) is 11.8 Å². The molecule has 0 aromatic rings. The Morgan fingerprint density at radius 2 is 0.557 bits per heavy atom. The van der Waals surface area contributed by atoms with E-state index in [1.54, 1.807) is 0 Å². The van der Waals surface area contributed by atoms with Crippen LogP contribution in [0.15, 0.2) is 24.3 Å². The Balaban J connectivity index is 5.27. The van der Waals surface area contributed by atoms with Crippen molar-refractivity contribution in [3.8, 4) is 0 Å². The first-order valence-corrected chi connectivity index (χ1v) is 47.3. The Morgan fingerprint density at radius 1 is 0.311 bits per heavy atom. The van der Waals surface area contributed by atoms with Gasteiger partial charge in [0.25, 0.3) is 0 Å². The van der Waals surface area contributed by atoms with E-state index in [2.05, 4.69) is 65.8 Å². The van der Waals surface area contributed by atoms with Crippen LogP contribution in [0.1, 0.15) is 440 Å². The summed E-state index contributed by atoms with van der Waals surface area (Å²) in [5.74, 6) is -0.521. The number of rotatable bonds is 84. The fourth-order valence-electron chi connectivity index (χ4n) is 13.0. The summed E-state index contributed by atoms with van der Waals surface area (Å²) in [6, 6.07) is 0. The summed E-state index contributed by atoms with van der Waals surface area (Å²) < 4.78 is 68.9. The third-order valence-electron chi connectivity index (χ3n) is 20.2. The second kappa shape index (κ2) is 77.8. The van der Waals surface area contributed by atoms with Gasteiger partial charge in [0, 0.05) is 25.7 Å². The third-order valence-corrected chi connectivity index (χ3v) is 22.1. The van der Waals surface area contributed by atoms with Gasteiger partial charge in [0.05, 0.1) is 26.4 Å². The highest BCUT2D eigenvalue weighted by Crippen LogP contribution is 2.45. The van der Waals surface area contributed by atoms with Gasteiger partial charge in [0.1, 0.15) is 19.3 Å². The summed E-state index contributed by atoms with van der Waals surface area (Å²) in [7, 11) is -9.94. The second-order valence-electron chi connectivity index (χ2n) is 31.3. The van der Waals surface area contributed by atoms with E-state index in [1.165, 1.54) is 244 Å². The molecule has 0 bridgehead atoms. The molecule has 0 heterocycles. The molecule has 0 aromatic heterocycles. The maximum Gasteiger partial charge on any atom is 0.472 e. The molecule has 6 atom stereocenters. The van der Waals surface area contributed by atoms with E-state index in [1.807, 2.05) is 0 Å². The van der Waals surface area contributed by atoms with E-state index < -0.39 is 97.5 Å². The molecule has 0 spiro atoms. The number of unbranched alkanes of at least 4 members (excludes halogenated alkanes) is 50. The number of ether oxygens (including phenoxy) is 4. The highest BCUT2D eigenvalue weighted by molar-refractivity contribution is 7.47. The Hall–Kier alpha value is -2.46. The zero-order valence-electron chi connectivity index (χ0n) is 69.2. The Kier molecular flexibility index (Phi) is 76.0. The van der Waals surface area contributed by atoms with Gasteiger partial charge in [-0.2, -0.15) is 0 Å². The summed E-state index contributed by atoms with van der Waals surface area (Å²) in [5, 5.41) is 10.7. The van der Waals surface area contributed by atoms with E-state index in [4.69, 9.17) is 37.0 Å². The Labute approximate surface area is 650 Å². The number of carbonyl (C=O) groups excluding carboxylic acids is 4. The maximum atomic E-state index is 13.2. The molecule has 0 radical (unpaired) electrons. The summed E-state index contributed by atoms with van der Waals surface area (Å²) in [6.07, 6.45) is 73.0. The Morgan fingerprint density at radius 3 is 0.849 bits per heavy atom. The molecule has 3 N–H and O–H groups in total. The summed E-state index contributed by atoms with van der Waals surface area (Å²) in [4.78, 5) is 73.2. The molecule has 0 aliphatic heterocycles. The number of carbonyl (C=O) groups is 4. The van der Waals surface area contributed by atoms with Crippen LogP contribution >= 0.6 is 15.6 Å². The quantitative estimate of drug-likeness (QED) is 0.0169. The minimum absolute atomic E-state index is 0.0850. The van der Waals surface area contributed by atoms with Crippen LogP contribution in [0.3, 0.4) is 0 Å². The average Bonchev–Trinajstić information content (AvgIpc) is 0.902. The van der Waals surface area contributed by atoms with Gasteiger partial charge in [-0.25, -0.2) is 9.13 Å². The number of allylic oxidation sites excluding steroid dienone is 4. The van der Waals surface area contributed by atoms with Crippen LogP contribution in [0.5, 0.6) is 0 Å². The lowest BCUT2D eigenvalue weighted by Crippen LogP contribution is -2.30. The van der Waals surface area contributed by atoms with Crippen LogP contribution in [-0.4, -0.2) is 96.7 Å². The first-order valence-electron chi connectivity index (χ1n) is 44.3. The van der Waals surface area contributed by atoms with Gasteiger partial charge in [-0.3, -0.25) is 37.3 Å². The molecular weight excluding hydrogens is 1380 g/mol. The highest BCUT2D eigenvalue weighted by atomic mass is 31.2. The highest BCUT2D eigenvalue weighted by Gasteiger charge is 2.30. The van der Waals surface area contributed by atoms with Crippen LogP contribution in [0.4, 0.5) is 0 Å². The number of phosphoric acid groups is 2. The van der Waals surface area contributed by atoms with Gasteiger partial charge in [0.2, 0.25) is 0 Å². The molecule has 0 saturated carbocycles. The first-order chi connectivity index (χ1) is 51.4. The molecular formula is C87H166O17P2. The van der Waals surface area contributed by atoms with Gasteiger partial charge < -0.3 is 33.8 Å². The SMILES string of the molecule is CCCCCC/C=C\C=C/CCCCCCCC(=O)O[C@H](COC(=O)CCCCCCCCCCCC(C)C)COP(=O)(O)OC[C@H](O)COP(=O)(O)OC[C@@H](COC(=O)CCCCCCCCCCCCCCCCCCC)OC(=O)CCCCCCCCCCCCCCCCCCCCC(C)CC. The third kappa shape index (κ3) is 78.2. The number of hydrogen-bond acceptors (Lipinski definition) is 15. The number of phosphoric ester groups is 2. The van der Waals surface area contributed by atoms with Crippen molar-refractivity contribution in [3.05, 3.63) is 24.3 Å². The molecule has 0 aromatic carbocycles. The van der Waals surface area contributed by atoms with Gasteiger partial charge in [0.15, 0.2) is 12.2 Å². The predicted octanol–water partition coefficient (Wildman–Crippen LogP) is 26.2. The van der Waals surface area contributed by atoms with Crippen molar-refractivity contribution in [2.45, 2.75) is 458 Å². The molecule has 19 heteroatoms. The number of esters is 4. The maximum absolute atomic E-state index is 13.2. The number of aliphatic hydroxyl groups excluding tert-OH is 1. The van der Waals surface area contributed by atoms with Crippen molar-refractivity contribution in [2.24, 2.45) is 11.8 Å². The zero-order valence-corrected chi connectivity index (χ0v) is 71.0. The molecule has 0 aliphatic carbocycles. The lowest BCUT2D eigenvalue weighted by Gasteiger charge is -2.21. The molecule has 0 aliphatic rings. The van der Waals surface area contributed by atoms with Gasteiger partial charge in [-0.1, -0.05) is 387 Å². The molecule has 0 rings (SSSR count). The topological polar surface area (TPSA) is 237 Å². The van der Waals surface area contributed by atoms with Crippen molar-refractivity contribution < 1.29 is 80.2 Å². The minimum Gasteiger partial charge on any atom is -0.462 e. The van der Waals surface area contributed by atoms with Gasteiger partial charge in [-0.15, -0.1) is 0 Å². The number of hydrogen-bond donors (Lipinski definition) is 3. The summed E-state index contributed by atoms with van der Waals surface area (Å²) in [6.45, 7) is 9.65. The Bertz CT molecular complexity index is 2130. The molecule has 626 valence electrons. The fourth-order valence-corrected chi connectivity index (χ4v) is 14.6. The smallest absolute Gasteiger partial charge is 0.462 e. The summed E-state index contributed by atoms with van der Waals surface area (Å²) in [5.41, 5.74) is 0. The minimum atomic E-state index is -4.97. The van der Waals surface area contributed by atoms with E-state index >= 15 is 0 Å². The van der Waals surface area contributed by atoms with E-state index in [0.29, 0.717) is 25.7 Å². The lowest BCUT2D eigenvalue weighted by atomic mass is 9.99. The average molecular weight is 1550 g/mol. The monoisotopic (exact) mass is 1550 g/mol. The van der Waals surface area contributed by atoms with Gasteiger partial charge >= 0.3 is 39.5 Å². The van der Waals surface area contributed by atoms with Crippen molar-refractivity contribution in [3.63, 3.8) is 0 Å². The molecule has 0 fully saturated rings. The van der Waals surface area contributed by atoms with Gasteiger partial charge in [-0.05, 0) is 63.2 Å². The number of aliphatic hydroxyl groups is 1. The molecule has 106 heavy (non-hydrogen) atoms. The van der Waals surface area contributed by atoms with Crippen LogP contribution in [0.2, 0.25) is 0 Å². The van der Waals surface area contributed by atoms with Crippen LogP contribution < -0.4 is 0 Å². The first kappa shape index (κ1) is 104. The van der Waals surface area contributed by atoms with Crippen molar-refractivity contribution in [1.29, 1.82) is 0 Å². The molecule has 3 unspecified atom stereocenters. The van der Waals surface area contributed by atoms with Crippen LogP contribution in [0.25, 0.3) is 0 Å². The van der Waals surface area contributed by atoms with Crippen molar-refractivity contribution in [2.75, 3.05) is 39.6 Å². The van der Waals surface area contributed by atoms with Crippen molar-refractivity contribution >= 4 is 39.5 Å². The molecule has 0 amide bonds. The van der Waals surface area contributed by atoms with E-state index in [-0.39, 0.29) is 25.7 Å². The molecule has 17 nitrogen and oxygen atoms in total. The largest absolute Gasteiger partial charge is 0.472 e. The predicted molar refractivity (Wildman–Crippen MR) is 437 cm³/mol. The fraction of sp³-hybridized carbons (Fsp3) is 0.908.